The smallest absolute Gasteiger partial charge is 0.255 e. The highest BCUT2D eigenvalue weighted by Crippen LogP contribution is 2.26. The summed E-state index contributed by atoms with van der Waals surface area (Å²) in [4.78, 5) is 25.2. The topological polar surface area (TPSA) is 59.3 Å². The average Bonchev–Trinajstić information content (AvgIpc) is 2.74. The number of rotatable bonds is 4. The Kier molecular flexibility index (Phi) is 5.23. The highest BCUT2D eigenvalue weighted by atomic mass is 16.3. The van der Waals surface area contributed by atoms with Gasteiger partial charge in [0.2, 0.25) is 0 Å². The van der Waals surface area contributed by atoms with Crippen molar-refractivity contribution in [2.45, 2.75) is 26.7 Å². The van der Waals surface area contributed by atoms with Crippen LogP contribution in [0.5, 0.6) is 0 Å². The summed E-state index contributed by atoms with van der Waals surface area (Å²) in [6.07, 6.45) is 0. The maximum Gasteiger partial charge on any atom is 0.255 e. The molecule has 0 aliphatic rings. The van der Waals surface area contributed by atoms with Crippen LogP contribution in [-0.2, 0) is 0 Å². The Balaban J connectivity index is 1.63. The molecule has 0 spiro atoms. The molecule has 0 atom stereocenters. The lowest BCUT2D eigenvalue weighted by molar-refractivity contribution is 0.102. The number of hydrogen-bond acceptors (Lipinski definition) is 3. The number of aryl methyl sites for hydroxylation is 1. The minimum atomic E-state index is -0.222. The molecule has 30 heavy (non-hydrogen) atoms. The van der Waals surface area contributed by atoms with Crippen LogP contribution in [0.1, 0.15) is 41.3 Å². The van der Waals surface area contributed by atoms with Gasteiger partial charge in [0.15, 0.2) is 5.43 Å². The molecule has 3 aromatic carbocycles. The van der Waals surface area contributed by atoms with E-state index in [4.69, 9.17) is 4.42 Å². The molecular weight excluding hydrogens is 374 g/mol. The van der Waals surface area contributed by atoms with Crippen LogP contribution >= 0.6 is 0 Å². The fraction of sp³-hybridized carbons (Fsp3) is 0.154. The number of anilines is 1. The second-order valence-electron chi connectivity index (χ2n) is 7.78. The van der Waals surface area contributed by atoms with Crippen molar-refractivity contribution in [3.63, 3.8) is 0 Å². The highest BCUT2D eigenvalue weighted by Gasteiger charge is 2.11. The molecule has 4 nitrogen and oxygen atoms in total. The standard InChI is InChI=1S/C26H23NO3/c1-16(2)18-8-10-19(11-9-18)25-15-23(28)22-14-21(12-13-24(22)30-25)27-26(29)20-6-4-17(3)5-7-20/h4-16H,1-3H3,(H,27,29). The molecular formula is C26H23NO3. The zero-order valence-corrected chi connectivity index (χ0v) is 17.2. The first kappa shape index (κ1) is 19.6. The van der Waals surface area contributed by atoms with Gasteiger partial charge in [-0.05, 0) is 48.7 Å². The van der Waals surface area contributed by atoms with Crippen LogP contribution in [0.3, 0.4) is 0 Å². The van der Waals surface area contributed by atoms with Gasteiger partial charge in [0, 0.05) is 22.9 Å². The first-order chi connectivity index (χ1) is 14.4. The molecule has 150 valence electrons. The third-order valence-corrected chi connectivity index (χ3v) is 5.16. The third kappa shape index (κ3) is 4.03. The van der Waals surface area contributed by atoms with Gasteiger partial charge in [-0.3, -0.25) is 9.59 Å². The van der Waals surface area contributed by atoms with Crippen molar-refractivity contribution >= 4 is 22.6 Å². The number of hydrogen-bond donors (Lipinski definition) is 1. The van der Waals surface area contributed by atoms with Gasteiger partial charge in [-0.25, -0.2) is 0 Å². The molecule has 1 aromatic heterocycles. The normalized spacial score (nSPS) is 11.1. The summed E-state index contributed by atoms with van der Waals surface area (Å²) >= 11 is 0. The summed E-state index contributed by atoms with van der Waals surface area (Å²) < 4.78 is 5.97. The quantitative estimate of drug-likeness (QED) is 0.450. The van der Waals surface area contributed by atoms with Crippen LogP contribution in [0.2, 0.25) is 0 Å². The van der Waals surface area contributed by atoms with Crippen LogP contribution < -0.4 is 10.7 Å². The van der Waals surface area contributed by atoms with Crippen LogP contribution in [-0.4, -0.2) is 5.91 Å². The largest absolute Gasteiger partial charge is 0.456 e. The first-order valence-corrected chi connectivity index (χ1v) is 9.97. The van der Waals surface area contributed by atoms with E-state index >= 15 is 0 Å². The van der Waals surface area contributed by atoms with Gasteiger partial charge in [-0.2, -0.15) is 0 Å². The molecule has 0 unspecified atom stereocenters. The number of fused-ring (bicyclic) bond motifs is 1. The van der Waals surface area contributed by atoms with E-state index in [0.717, 1.165) is 11.1 Å². The molecule has 0 radical (unpaired) electrons. The maximum atomic E-state index is 12.7. The monoisotopic (exact) mass is 397 g/mol. The molecule has 0 bridgehead atoms. The van der Waals surface area contributed by atoms with Gasteiger partial charge < -0.3 is 9.73 Å². The summed E-state index contributed by atoms with van der Waals surface area (Å²) in [5, 5.41) is 3.27. The summed E-state index contributed by atoms with van der Waals surface area (Å²) in [6, 6.07) is 22.0. The molecule has 1 amide bonds. The van der Waals surface area contributed by atoms with Crippen molar-refractivity contribution in [1.82, 2.24) is 0 Å². The van der Waals surface area contributed by atoms with E-state index in [1.54, 1.807) is 30.3 Å². The Hall–Kier alpha value is -3.66. The zero-order chi connectivity index (χ0) is 21.3. The van der Waals surface area contributed by atoms with Crippen molar-refractivity contribution in [2.75, 3.05) is 5.32 Å². The van der Waals surface area contributed by atoms with Crippen molar-refractivity contribution in [3.8, 4) is 11.3 Å². The molecule has 1 heterocycles. The minimum Gasteiger partial charge on any atom is -0.456 e. The molecule has 4 aromatic rings. The highest BCUT2D eigenvalue weighted by molar-refractivity contribution is 6.05. The fourth-order valence-electron chi connectivity index (χ4n) is 3.32. The molecule has 0 fully saturated rings. The number of nitrogens with one attached hydrogen (secondary N) is 1. The Morgan fingerprint density at radius 3 is 2.27 bits per heavy atom. The SMILES string of the molecule is Cc1ccc(C(=O)Nc2ccc3oc(-c4ccc(C(C)C)cc4)cc(=O)c3c2)cc1. The van der Waals surface area contributed by atoms with Gasteiger partial charge in [0.05, 0.1) is 5.39 Å². The van der Waals surface area contributed by atoms with Gasteiger partial charge in [0.25, 0.3) is 5.91 Å². The lowest BCUT2D eigenvalue weighted by Crippen LogP contribution is -2.12. The van der Waals surface area contributed by atoms with Crippen molar-refractivity contribution in [1.29, 1.82) is 0 Å². The third-order valence-electron chi connectivity index (χ3n) is 5.16. The molecule has 0 saturated carbocycles. The number of carbonyl (C=O) groups is 1. The van der Waals surface area contributed by atoms with E-state index in [1.165, 1.54) is 11.6 Å². The lowest BCUT2D eigenvalue weighted by Gasteiger charge is -2.09. The van der Waals surface area contributed by atoms with Crippen LogP contribution in [0.4, 0.5) is 5.69 Å². The fourth-order valence-corrected chi connectivity index (χ4v) is 3.32. The van der Waals surface area contributed by atoms with Crippen LogP contribution in [0.15, 0.2) is 82.0 Å². The van der Waals surface area contributed by atoms with Gasteiger partial charge in [-0.1, -0.05) is 55.8 Å². The predicted molar refractivity (Wildman–Crippen MR) is 121 cm³/mol. The predicted octanol–water partition coefficient (Wildman–Crippen LogP) is 6.14. The molecule has 4 heteroatoms. The molecule has 0 aliphatic carbocycles. The van der Waals surface area contributed by atoms with Gasteiger partial charge >= 0.3 is 0 Å². The molecule has 0 saturated heterocycles. The van der Waals surface area contributed by atoms with Gasteiger partial charge in [-0.15, -0.1) is 0 Å². The lowest BCUT2D eigenvalue weighted by atomic mass is 10.0. The Labute approximate surface area is 175 Å². The molecule has 0 aliphatic heterocycles. The number of carbonyl (C=O) groups excluding carboxylic acids is 1. The van der Waals surface area contributed by atoms with E-state index in [1.807, 2.05) is 43.3 Å². The summed E-state index contributed by atoms with van der Waals surface area (Å²) in [7, 11) is 0. The van der Waals surface area contributed by atoms with E-state index in [9.17, 15) is 9.59 Å². The van der Waals surface area contributed by atoms with Crippen LogP contribution in [0, 0.1) is 6.92 Å². The van der Waals surface area contributed by atoms with Crippen LogP contribution in [0.25, 0.3) is 22.3 Å². The van der Waals surface area contributed by atoms with Crippen molar-refractivity contribution < 1.29 is 9.21 Å². The van der Waals surface area contributed by atoms with Crippen molar-refractivity contribution in [3.05, 3.63) is 99.7 Å². The van der Waals surface area contributed by atoms with Gasteiger partial charge in [0.1, 0.15) is 11.3 Å². The number of amides is 1. The zero-order valence-electron chi connectivity index (χ0n) is 17.2. The van der Waals surface area contributed by atoms with E-state index < -0.39 is 0 Å². The summed E-state index contributed by atoms with van der Waals surface area (Å²) in [6.45, 7) is 6.25. The molecule has 1 N–H and O–H groups in total. The molecule has 4 rings (SSSR count). The Morgan fingerprint density at radius 2 is 1.60 bits per heavy atom. The second kappa shape index (κ2) is 7.99. The van der Waals surface area contributed by atoms with E-state index in [0.29, 0.717) is 33.9 Å². The average molecular weight is 397 g/mol. The Morgan fingerprint density at radius 1 is 0.900 bits per heavy atom. The minimum absolute atomic E-state index is 0.148. The second-order valence-corrected chi connectivity index (χ2v) is 7.78. The van der Waals surface area contributed by atoms with E-state index in [2.05, 4.69) is 19.2 Å². The van der Waals surface area contributed by atoms with E-state index in [-0.39, 0.29) is 11.3 Å². The maximum absolute atomic E-state index is 12.7. The Bertz CT molecular complexity index is 1270. The first-order valence-electron chi connectivity index (χ1n) is 9.97. The number of benzene rings is 3. The van der Waals surface area contributed by atoms with Crippen molar-refractivity contribution in [2.24, 2.45) is 0 Å². The summed E-state index contributed by atoms with van der Waals surface area (Å²) in [5.74, 6) is 0.746. The summed E-state index contributed by atoms with van der Waals surface area (Å²) in [5.41, 5.74) is 4.63.